The summed E-state index contributed by atoms with van der Waals surface area (Å²) in [5.41, 5.74) is 1.84. The number of carbonyl (C=O) groups excluding carboxylic acids is 2. The third-order valence-electron chi connectivity index (χ3n) is 4.54. The molecule has 2 aromatic rings. The number of aryl methyl sites for hydroxylation is 1. The summed E-state index contributed by atoms with van der Waals surface area (Å²) in [5, 5.41) is 11.1. The second-order valence-corrected chi connectivity index (χ2v) is 7.23. The van der Waals surface area contributed by atoms with E-state index in [0.29, 0.717) is 36.2 Å². The summed E-state index contributed by atoms with van der Waals surface area (Å²) in [7, 11) is 0. The molecular weight excluding hydrogens is 414 g/mol. The van der Waals surface area contributed by atoms with E-state index in [1.54, 1.807) is 28.0 Å². The Kier molecular flexibility index (Phi) is 5.55. The first-order valence-electron chi connectivity index (χ1n) is 8.46. The van der Waals surface area contributed by atoms with Gasteiger partial charge in [0, 0.05) is 43.4 Å². The Morgan fingerprint density at radius 2 is 1.41 bits per heavy atom. The maximum Gasteiger partial charge on any atom is 0.284 e. The van der Waals surface area contributed by atoms with Crippen molar-refractivity contribution in [1.82, 2.24) is 9.80 Å². The van der Waals surface area contributed by atoms with E-state index in [4.69, 9.17) is 0 Å². The van der Waals surface area contributed by atoms with Crippen molar-refractivity contribution in [3.05, 3.63) is 73.7 Å². The molecule has 1 saturated heterocycles. The molecule has 1 heterocycles. The van der Waals surface area contributed by atoms with E-state index < -0.39 is 4.92 Å². The summed E-state index contributed by atoms with van der Waals surface area (Å²) in [6.07, 6.45) is 0. The van der Waals surface area contributed by atoms with Crippen LogP contribution in [0.4, 0.5) is 5.69 Å². The van der Waals surface area contributed by atoms with Gasteiger partial charge in [0.15, 0.2) is 0 Å². The molecule has 0 aromatic heterocycles. The Hall–Kier alpha value is -2.74. The molecule has 0 unspecified atom stereocenters. The fourth-order valence-electron chi connectivity index (χ4n) is 2.96. The number of piperazine rings is 1. The Bertz CT molecular complexity index is 890. The molecule has 1 fully saturated rings. The van der Waals surface area contributed by atoms with Gasteiger partial charge >= 0.3 is 0 Å². The standard InChI is InChI=1S/C19H18BrN3O4/c1-13-2-4-14(5-3-13)18(24)21-8-10-22(11-9-21)19(25)15-6-7-16(20)17(12-15)23(26)27/h2-7,12H,8-11H2,1H3. The molecule has 3 rings (SSSR count). The van der Waals surface area contributed by atoms with Crippen molar-refractivity contribution >= 4 is 33.4 Å². The minimum atomic E-state index is -0.529. The van der Waals surface area contributed by atoms with Gasteiger partial charge in [-0.1, -0.05) is 17.7 Å². The molecule has 0 radical (unpaired) electrons. The average Bonchev–Trinajstić information content (AvgIpc) is 2.68. The normalized spacial score (nSPS) is 14.1. The molecule has 0 bridgehead atoms. The predicted molar refractivity (Wildman–Crippen MR) is 104 cm³/mol. The van der Waals surface area contributed by atoms with Gasteiger partial charge in [0.25, 0.3) is 17.5 Å². The van der Waals surface area contributed by atoms with E-state index in [9.17, 15) is 19.7 Å². The highest BCUT2D eigenvalue weighted by molar-refractivity contribution is 9.10. The van der Waals surface area contributed by atoms with Crippen LogP contribution >= 0.6 is 15.9 Å². The zero-order valence-corrected chi connectivity index (χ0v) is 16.3. The van der Waals surface area contributed by atoms with E-state index in [1.807, 2.05) is 19.1 Å². The van der Waals surface area contributed by atoms with Crippen LogP contribution in [0.25, 0.3) is 0 Å². The van der Waals surface area contributed by atoms with Gasteiger partial charge in [-0.05, 0) is 47.1 Å². The highest BCUT2D eigenvalue weighted by atomic mass is 79.9. The largest absolute Gasteiger partial charge is 0.335 e. The maximum absolute atomic E-state index is 12.7. The monoisotopic (exact) mass is 431 g/mol. The number of nitrogens with zero attached hydrogens (tertiary/aromatic N) is 3. The van der Waals surface area contributed by atoms with Crippen molar-refractivity contribution in [2.45, 2.75) is 6.92 Å². The number of carbonyl (C=O) groups is 2. The van der Waals surface area contributed by atoms with Gasteiger partial charge in [-0.3, -0.25) is 19.7 Å². The molecule has 2 aromatic carbocycles. The first-order valence-corrected chi connectivity index (χ1v) is 9.25. The highest BCUT2D eigenvalue weighted by Crippen LogP contribution is 2.26. The molecule has 0 N–H and O–H groups in total. The third-order valence-corrected chi connectivity index (χ3v) is 5.21. The third kappa shape index (κ3) is 4.16. The highest BCUT2D eigenvalue weighted by Gasteiger charge is 2.26. The van der Waals surface area contributed by atoms with Crippen LogP contribution in [-0.2, 0) is 0 Å². The smallest absolute Gasteiger partial charge is 0.284 e. The van der Waals surface area contributed by atoms with Crippen molar-refractivity contribution in [2.24, 2.45) is 0 Å². The number of nitro benzene ring substituents is 1. The molecule has 0 atom stereocenters. The van der Waals surface area contributed by atoms with Crippen molar-refractivity contribution in [3.63, 3.8) is 0 Å². The van der Waals surface area contributed by atoms with Crippen LogP contribution in [-0.4, -0.2) is 52.7 Å². The molecular formula is C19H18BrN3O4. The van der Waals surface area contributed by atoms with Crippen LogP contribution in [0.3, 0.4) is 0 Å². The lowest BCUT2D eigenvalue weighted by atomic mass is 10.1. The fourth-order valence-corrected chi connectivity index (χ4v) is 3.35. The second kappa shape index (κ2) is 7.87. The van der Waals surface area contributed by atoms with Crippen LogP contribution < -0.4 is 0 Å². The van der Waals surface area contributed by atoms with Crippen molar-refractivity contribution in [1.29, 1.82) is 0 Å². The van der Waals surface area contributed by atoms with E-state index in [-0.39, 0.29) is 23.1 Å². The molecule has 140 valence electrons. The first kappa shape index (κ1) is 19.0. The number of hydrogen-bond acceptors (Lipinski definition) is 4. The van der Waals surface area contributed by atoms with Crippen molar-refractivity contribution < 1.29 is 14.5 Å². The fraction of sp³-hybridized carbons (Fsp3) is 0.263. The number of halogens is 1. The van der Waals surface area contributed by atoms with Crippen molar-refractivity contribution in [3.8, 4) is 0 Å². The minimum Gasteiger partial charge on any atom is -0.335 e. The van der Waals surface area contributed by atoms with Gasteiger partial charge < -0.3 is 9.80 Å². The maximum atomic E-state index is 12.7. The molecule has 8 heteroatoms. The van der Waals surface area contributed by atoms with Gasteiger partial charge in [-0.15, -0.1) is 0 Å². The summed E-state index contributed by atoms with van der Waals surface area (Å²) in [6, 6.07) is 11.7. The van der Waals surface area contributed by atoms with E-state index >= 15 is 0 Å². The lowest BCUT2D eigenvalue weighted by Crippen LogP contribution is -2.50. The zero-order valence-electron chi connectivity index (χ0n) is 14.7. The Labute approximate surface area is 164 Å². The molecule has 1 aliphatic rings. The number of rotatable bonds is 3. The van der Waals surface area contributed by atoms with E-state index in [2.05, 4.69) is 15.9 Å². The molecule has 0 aliphatic carbocycles. The van der Waals surface area contributed by atoms with Crippen LogP contribution in [0.2, 0.25) is 0 Å². The van der Waals surface area contributed by atoms with Crippen LogP contribution in [0.1, 0.15) is 26.3 Å². The summed E-state index contributed by atoms with van der Waals surface area (Å²) >= 11 is 3.12. The predicted octanol–water partition coefficient (Wildman–Crippen LogP) is 3.26. The van der Waals surface area contributed by atoms with E-state index in [1.165, 1.54) is 12.1 Å². The molecule has 1 aliphatic heterocycles. The van der Waals surface area contributed by atoms with Gasteiger partial charge in [0.1, 0.15) is 0 Å². The Balaban J connectivity index is 1.66. The molecule has 0 spiro atoms. The molecule has 2 amide bonds. The number of hydrogen-bond donors (Lipinski definition) is 0. The Morgan fingerprint density at radius 3 is 1.93 bits per heavy atom. The molecule has 27 heavy (non-hydrogen) atoms. The SMILES string of the molecule is Cc1ccc(C(=O)N2CCN(C(=O)c3ccc(Br)c([N+](=O)[O-])c3)CC2)cc1. The number of benzene rings is 2. The second-order valence-electron chi connectivity index (χ2n) is 6.37. The average molecular weight is 432 g/mol. The topological polar surface area (TPSA) is 83.8 Å². The summed E-state index contributed by atoms with van der Waals surface area (Å²) in [4.78, 5) is 39.1. The summed E-state index contributed by atoms with van der Waals surface area (Å²) < 4.78 is 0.331. The lowest BCUT2D eigenvalue weighted by Gasteiger charge is -2.34. The number of nitro groups is 1. The van der Waals surface area contributed by atoms with Crippen LogP contribution in [0.15, 0.2) is 46.9 Å². The van der Waals surface area contributed by atoms with Crippen molar-refractivity contribution in [2.75, 3.05) is 26.2 Å². The van der Waals surface area contributed by atoms with Crippen LogP contribution in [0.5, 0.6) is 0 Å². The first-order chi connectivity index (χ1) is 12.9. The molecule has 7 nitrogen and oxygen atoms in total. The molecule has 0 saturated carbocycles. The van der Waals surface area contributed by atoms with Gasteiger partial charge in [-0.25, -0.2) is 0 Å². The van der Waals surface area contributed by atoms with Gasteiger partial charge in [0.05, 0.1) is 9.40 Å². The number of amides is 2. The minimum absolute atomic E-state index is 0.0543. The zero-order chi connectivity index (χ0) is 19.6. The Morgan fingerprint density at radius 1 is 0.926 bits per heavy atom. The van der Waals surface area contributed by atoms with Gasteiger partial charge in [-0.2, -0.15) is 0 Å². The van der Waals surface area contributed by atoms with Gasteiger partial charge in [0.2, 0.25) is 0 Å². The van der Waals surface area contributed by atoms with E-state index in [0.717, 1.165) is 5.56 Å². The quantitative estimate of drug-likeness (QED) is 0.551. The lowest BCUT2D eigenvalue weighted by molar-refractivity contribution is -0.385. The summed E-state index contributed by atoms with van der Waals surface area (Å²) in [5.74, 6) is -0.325. The van der Waals surface area contributed by atoms with Crippen LogP contribution in [0, 0.1) is 17.0 Å². The summed E-state index contributed by atoms with van der Waals surface area (Å²) in [6.45, 7) is 3.60.